The van der Waals surface area contributed by atoms with E-state index < -0.39 is 17.6 Å². The third-order valence-corrected chi connectivity index (χ3v) is 4.50. The number of hydrogen-bond acceptors (Lipinski definition) is 3. The molecule has 0 aliphatic carbocycles. The number of benzene rings is 3. The highest BCUT2D eigenvalue weighted by molar-refractivity contribution is 6.04. The molecule has 0 saturated heterocycles. The lowest BCUT2D eigenvalue weighted by Gasteiger charge is -2.11. The summed E-state index contributed by atoms with van der Waals surface area (Å²) >= 11 is 0. The van der Waals surface area contributed by atoms with Crippen LogP contribution in [0, 0.1) is 0 Å². The number of nitrogens with zero attached hydrogens (tertiary/aromatic N) is 2. The first-order valence-corrected chi connectivity index (χ1v) is 8.88. The standard InChI is InChI=1S/C22H14F3N3O2/c23-22(24,25)15-6-4-7-16(12-15)27-20(29)14-5-3-8-17(11-14)28-13-26-19-10-2-1-9-18(19)21(28)30/h1-13H,(H,27,29). The van der Waals surface area contributed by atoms with Gasteiger partial charge in [0.1, 0.15) is 6.33 Å². The number of aromatic nitrogens is 2. The van der Waals surface area contributed by atoms with Gasteiger partial charge in [0.2, 0.25) is 0 Å². The number of nitrogens with one attached hydrogen (secondary N) is 1. The molecule has 4 aromatic rings. The molecule has 0 atom stereocenters. The summed E-state index contributed by atoms with van der Waals surface area (Å²) in [5.74, 6) is -0.599. The van der Waals surface area contributed by atoms with Gasteiger partial charge in [-0.1, -0.05) is 24.3 Å². The van der Waals surface area contributed by atoms with E-state index in [1.165, 1.54) is 35.2 Å². The van der Waals surface area contributed by atoms with Gasteiger partial charge in [0.05, 0.1) is 22.2 Å². The Morgan fingerprint density at radius 1 is 0.933 bits per heavy atom. The van der Waals surface area contributed by atoms with Gasteiger partial charge in [0, 0.05) is 11.3 Å². The Kier molecular flexibility index (Phi) is 4.83. The maximum absolute atomic E-state index is 12.9. The average molecular weight is 409 g/mol. The monoisotopic (exact) mass is 409 g/mol. The molecule has 4 rings (SSSR count). The van der Waals surface area contributed by atoms with Crippen LogP contribution in [0.4, 0.5) is 18.9 Å². The molecular weight excluding hydrogens is 395 g/mol. The second-order valence-electron chi connectivity index (χ2n) is 6.52. The fourth-order valence-corrected chi connectivity index (χ4v) is 3.03. The van der Waals surface area contributed by atoms with Gasteiger partial charge in [-0.05, 0) is 48.5 Å². The van der Waals surface area contributed by atoms with Crippen LogP contribution in [0.2, 0.25) is 0 Å². The molecule has 5 nitrogen and oxygen atoms in total. The zero-order valence-electron chi connectivity index (χ0n) is 15.4. The largest absolute Gasteiger partial charge is 0.416 e. The molecule has 0 spiro atoms. The van der Waals surface area contributed by atoms with Gasteiger partial charge in [-0.3, -0.25) is 14.2 Å². The van der Waals surface area contributed by atoms with Crippen LogP contribution in [0.5, 0.6) is 0 Å². The Hall–Kier alpha value is -3.94. The molecule has 0 fully saturated rings. The van der Waals surface area contributed by atoms with Gasteiger partial charge in [0.25, 0.3) is 11.5 Å². The van der Waals surface area contributed by atoms with E-state index in [0.717, 1.165) is 12.1 Å². The summed E-state index contributed by atoms with van der Waals surface area (Å²) in [5, 5.41) is 2.88. The minimum atomic E-state index is -4.51. The second kappa shape index (κ2) is 7.47. The third kappa shape index (κ3) is 3.80. The number of amides is 1. The number of carbonyl (C=O) groups excluding carboxylic acids is 1. The summed E-state index contributed by atoms with van der Waals surface area (Å²) in [6, 6.07) is 17.5. The van der Waals surface area contributed by atoms with Gasteiger partial charge in [0.15, 0.2) is 0 Å². The van der Waals surface area contributed by atoms with Crippen LogP contribution < -0.4 is 10.9 Å². The van der Waals surface area contributed by atoms with Crippen LogP contribution in [-0.2, 0) is 6.18 Å². The third-order valence-electron chi connectivity index (χ3n) is 4.50. The van der Waals surface area contributed by atoms with E-state index in [-0.39, 0.29) is 16.8 Å². The van der Waals surface area contributed by atoms with E-state index in [4.69, 9.17) is 0 Å². The highest BCUT2D eigenvalue weighted by atomic mass is 19.4. The molecule has 30 heavy (non-hydrogen) atoms. The summed E-state index contributed by atoms with van der Waals surface area (Å²) in [5.41, 5.74) is 0.0146. The number of para-hydroxylation sites is 1. The SMILES string of the molecule is O=C(Nc1cccc(C(F)(F)F)c1)c1cccc(-n2cnc3ccccc3c2=O)c1. The van der Waals surface area contributed by atoms with Gasteiger partial charge in [-0.25, -0.2) is 4.98 Å². The predicted octanol–water partition coefficient (Wildman–Crippen LogP) is 4.66. The van der Waals surface area contributed by atoms with Crippen molar-refractivity contribution in [3.8, 4) is 5.69 Å². The number of anilines is 1. The Labute approximate surface area is 168 Å². The lowest BCUT2D eigenvalue weighted by Crippen LogP contribution is -2.19. The van der Waals surface area contributed by atoms with Crippen LogP contribution in [0.1, 0.15) is 15.9 Å². The molecule has 3 aromatic carbocycles. The highest BCUT2D eigenvalue weighted by Crippen LogP contribution is 2.30. The van der Waals surface area contributed by atoms with Crippen molar-refractivity contribution < 1.29 is 18.0 Å². The summed E-state index contributed by atoms with van der Waals surface area (Å²) in [7, 11) is 0. The van der Waals surface area contributed by atoms with Gasteiger partial charge < -0.3 is 5.32 Å². The van der Waals surface area contributed by atoms with Crippen LogP contribution in [0.15, 0.2) is 83.9 Å². The Balaban J connectivity index is 1.65. The smallest absolute Gasteiger partial charge is 0.322 e. The normalized spacial score (nSPS) is 11.4. The van der Waals surface area contributed by atoms with Gasteiger partial charge in [-0.2, -0.15) is 13.2 Å². The van der Waals surface area contributed by atoms with Gasteiger partial charge >= 0.3 is 6.18 Å². The van der Waals surface area contributed by atoms with Crippen LogP contribution in [0.25, 0.3) is 16.6 Å². The minimum absolute atomic E-state index is 0.0183. The van der Waals surface area contributed by atoms with Crippen molar-refractivity contribution in [3.05, 3.63) is 101 Å². The van der Waals surface area contributed by atoms with Crippen molar-refractivity contribution >= 4 is 22.5 Å². The minimum Gasteiger partial charge on any atom is -0.322 e. The lowest BCUT2D eigenvalue weighted by atomic mass is 10.1. The fourth-order valence-electron chi connectivity index (χ4n) is 3.03. The first-order valence-electron chi connectivity index (χ1n) is 8.88. The second-order valence-corrected chi connectivity index (χ2v) is 6.52. The Bertz CT molecular complexity index is 1310. The average Bonchev–Trinajstić information content (AvgIpc) is 2.74. The van der Waals surface area contributed by atoms with Gasteiger partial charge in [-0.15, -0.1) is 0 Å². The van der Waals surface area contributed by atoms with Crippen LogP contribution in [-0.4, -0.2) is 15.5 Å². The molecule has 0 unspecified atom stereocenters. The number of rotatable bonds is 3. The zero-order valence-corrected chi connectivity index (χ0v) is 15.4. The summed E-state index contributed by atoms with van der Waals surface area (Å²) in [6.45, 7) is 0. The van der Waals surface area contributed by atoms with E-state index in [2.05, 4.69) is 10.3 Å². The molecular formula is C22H14F3N3O2. The first kappa shape index (κ1) is 19.4. The van der Waals surface area contributed by atoms with Crippen molar-refractivity contribution in [3.63, 3.8) is 0 Å². The number of alkyl halides is 3. The summed E-state index contributed by atoms with van der Waals surface area (Å²) in [4.78, 5) is 29.6. The van der Waals surface area contributed by atoms with Crippen molar-refractivity contribution in [2.75, 3.05) is 5.32 Å². The van der Waals surface area contributed by atoms with E-state index in [1.807, 2.05) is 0 Å². The molecule has 1 aromatic heterocycles. The quantitative estimate of drug-likeness (QED) is 0.536. The number of hydrogen-bond donors (Lipinski definition) is 1. The van der Waals surface area contributed by atoms with E-state index in [0.29, 0.717) is 16.6 Å². The van der Waals surface area contributed by atoms with Crippen LogP contribution >= 0.6 is 0 Å². The lowest BCUT2D eigenvalue weighted by molar-refractivity contribution is -0.137. The maximum Gasteiger partial charge on any atom is 0.416 e. The fraction of sp³-hybridized carbons (Fsp3) is 0.0455. The van der Waals surface area contributed by atoms with Crippen LogP contribution in [0.3, 0.4) is 0 Å². The molecule has 150 valence electrons. The summed E-state index contributed by atoms with van der Waals surface area (Å²) in [6.07, 6.45) is -3.14. The highest BCUT2D eigenvalue weighted by Gasteiger charge is 2.30. The van der Waals surface area contributed by atoms with Crippen molar-refractivity contribution in [2.45, 2.75) is 6.18 Å². The molecule has 8 heteroatoms. The number of fused-ring (bicyclic) bond motifs is 1. The topological polar surface area (TPSA) is 64.0 Å². The molecule has 0 radical (unpaired) electrons. The predicted molar refractivity (Wildman–Crippen MR) is 107 cm³/mol. The summed E-state index contributed by atoms with van der Waals surface area (Å²) < 4.78 is 39.9. The molecule has 0 aliphatic heterocycles. The van der Waals surface area contributed by atoms with Crippen molar-refractivity contribution in [2.24, 2.45) is 0 Å². The Morgan fingerprint density at radius 2 is 1.70 bits per heavy atom. The number of halogens is 3. The molecule has 1 amide bonds. The maximum atomic E-state index is 12.9. The molecule has 0 aliphatic rings. The molecule has 0 saturated carbocycles. The van der Waals surface area contributed by atoms with E-state index in [1.54, 1.807) is 36.4 Å². The van der Waals surface area contributed by atoms with Crippen molar-refractivity contribution in [1.82, 2.24) is 9.55 Å². The molecule has 0 bridgehead atoms. The van der Waals surface area contributed by atoms with Crippen molar-refractivity contribution in [1.29, 1.82) is 0 Å². The van der Waals surface area contributed by atoms with E-state index in [9.17, 15) is 22.8 Å². The zero-order chi connectivity index (χ0) is 21.3. The molecule has 1 heterocycles. The molecule has 1 N–H and O–H groups in total. The first-order chi connectivity index (χ1) is 14.3. The number of carbonyl (C=O) groups is 1. The Morgan fingerprint density at radius 3 is 2.50 bits per heavy atom. The van der Waals surface area contributed by atoms with E-state index >= 15 is 0 Å².